The van der Waals surface area contributed by atoms with E-state index in [4.69, 9.17) is 5.10 Å². The molecule has 4 aliphatic rings. The van der Waals surface area contributed by atoms with Gasteiger partial charge in [0.1, 0.15) is 6.04 Å². The second kappa shape index (κ2) is 4.92. The van der Waals surface area contributed by atoms with E-state index in [0.717, 1.165) is 13.1 Å². The maximum Gasteiger partial charge on any atom is 0.240 e. The van der Waals surface area contributed by atoms with E-state index in [0.29, 0.717) is 5.92 Å². The minimum atomic E-state index is 0.0478. The lowest BCUT2D eigenvalue weighted by Gasteiger charge is -2.46. The highest BCUT2D eigenvalue weighted by atomic mass is 16.2. The molecule has 0 aliphatic carbocycles. The van der Waals surface area contributed by atoms with Crippen molar-refractivity contribution in [3.05, 3.63) is 34.9 Å². The number of hydrazone groups is 1. The van der Waals surface area contributed by atoms with E-state index in [-0.39, 0.29) is 18.0 Å². The third kappa shape index (κ3) is 2.01. The van der Waals surface area contributed by atoms with Crippen molar-refractivity contribution in [2.45, 2.75) is 45.7 Å². The number of amides is 1. The smallest absolute Gasteiger partial charge is 0.240 e. The molecule has 116 valence electrons. The molecule has 0 aromatic heterocycles. The second-order valence-corrected chi connectivity index (χ2v) is 7.01. The first-order valence-corrected chi connectivity index (χ1v) is 8.25. The summed E-state index contributed by atoms with van der Waals surface area (Å²) >= 11 is 0. The van der Waals surface area contributed by atoms with E-state index in [1.54, 1.807) is 11.9 Å². The number of aryl methyl sites for hydroxylation is 2. The number of carbonyl (C=O) groups is 1. The fourth-order valence-electron chi connectivity index (χ4n) is 4.49. The SMILES string of the molecule is CC(=O)N1N=C2C3CCN(CC3)[C@@H]2[C@@H]1c1cc(C)cc(C)c1. The summed E-state index contributed by atoms with van der Waals surface area (Å²) in [5.74, 6) is 0.624. The Hall–Kier alpha value is -1.68. The molecule has 4 aliphatic heterocycles. The third-order valence-corrected chi connectivity index (χ3v) is 5.34. The molecule has 4 heteroatoms. The fourth-order valence-corrected chi connectivity index (χ4v) is 4.49. The molecule has 4 nitrogen and oxygen atoms in total. The summed E-state index contributed by atoms with van der Waals surface area (Å²) in [6.45, 7) is 8.16. The first kappa shape index (κ1) is 13.9. The molecule has 2 atom stereocenters. The summed E-state index contributed by atoms with van der Waals surface area (Å²) in [7, 11) is 0. The Kier molecular flexibility index (Phi) is 3.12. The normalized spacial score (nSPS) is 32.9. The predicted octanol–water partition coefficient (Wildman–Crippen LogP) is 2.66. The van der Waals surface area contributed by atoms with Gasteiger partial charge in [-0.25, -0.2) is 5.01 Å². The molecule has 0 saturated carbocycles. The zero-order valence-electron chi connectivity index (χ0n) is 13.5. The topological polar surface area (TPSA) is 35.9 Å². The molecule has 3 saturated heterocycles. The number of hydrogen-bond donors (Lipinski definition) is 0. The van der Waals surface area contributed by atoms with Crippen LogP contribution in [0.15, 0.2) is 23.3 Å². The van der Waals surface area contributed by atoms with Crippen molar-refractivity contribution in [3.8, 4) is 0 Å². The molecule has 22 heavy (non-hydrogen) atoms. The lowest BCUT2D eigenvalue weighted by atomic mass is 9.78. The Morgan fingerprint density at radius 2 is 1.73 bits per heavy atom. The van der Waals surface area contributed by atoms with Crippen molar-refractivity contribution in [1.29, 1.82) is 0 Å². The van der Waals surface area contributed by atoms with Crippen LogP contribution in [0.3, 0.4) is 0 Å². The molecule has 0 unspecified atom stereocenters. The van der Waals surface area contributed by atoms with Crippen LogP contribution in [0.5, 0.6) is 0 Å². The van der Waals surface area contributed by atoms with Crippen LogP contribution in [0.2, 0.25) is 0 Å². The van der Waals surface area contributed by atoms with Crippen LogP contribution in [0.25, 0.3) is 0 Å². The molecule has 1 aromatic rings. The summed E-state index contributed by atoms with van der Waals surface area (Å²) in [4.78, 5) is 14.7. The summed E-state index contributed by atoms with van der Waals surface area (Å²) in [6.07, 6.45) is 2.39. The molecule has 5 rings (SSSR count). The Bertz CT molecular complexity index is 638. The fraction of sp³-hybridized carbons (Fsp3) is 0.556. The maximum atomic E-state index is 12.2. The molecule has 0 N–H and O–H groups in total. The minimum absolute atomic E-state index is 0.0478. The first-order chi connectivity index (χ1) is 10.5. The zero-order chi connectivity index (χ0) is 15.4. The van der Waals surface area contributed by atoms with Gasteiger partial charge in [-0.1, -0.05) is 29.3 Å². The van der Waals surface area contributed by atoms with E-state index < -0.39 is 0 Å². The summed E-state index contributed by atoms with van der Waals surface area (Å²) in [6, 6.07) is 6.96. The minimum Gasteiger partial charge on any atom is -0.293 e. The highest BCUT2D eigenvalue weighted by molar-refractivity contribution is 5.97. The molecule has 0 spiro atoms. The maximum absolute atomic E-state index is 12.2. The standard InChI is InChI=1S/C18H23N3O/c1-11-8-12(2)10-15(9-11)17-18-16(19-21(17)13(3)22)14-4-6-20(18)7-5-14/h8-10,14,17-18H,4-7H2,1-3H3/t17-,18-/m0/s1. The van der Waals surface area contributed by atoms with Gasteiger partial charge in [-0.3, -0.25) is 9.69 Å². The van der Waals surface area contributed by atoms with E-state index in [1.165, 1.54) is 35.2 Å². The summed E-state index contributed by atoms with van der Waals surface area (Å²) in [5.41, 5.74) is 4.98. The number of fused-ring (bicyclic) bond motifs is 2. The lowest BCUT2D eigenvalue weighted by Crippen LogP contribution is -2.56. The number of rotatable bonds is 1. The van der Waals surface area contributed by atoms with Crippen LogP contribution in [0.4, 0.5) is 0 Å². The van der Waals surface area contributed by atoms with Crippen molar-refractivity contribution < 1.29 is 4.79 Å². The highest BCUT2D eigenvalue weighted by Gasteiger charge is 2.50. The van der Waals surface area contributed by atoms with Crippen molar-refractivity contribution >= 4 is 11.6 Å². The second-order valence-electron chi connectivity index (χ2n) is 7.01. The van der Waals surface area contributed by atoms with Gasteiger partial charge in [0.05, 0.1) is 11.8 Å². The predicted molar refractivity (Wildman–Crippen MR) is 86.7 cm³/mol. The molecule has 4 heterocycles. The van der Waals surface area contributed by atoms with Gasteiger partial charge >= 0.3 is 0 Å². The van der Waals surface area contributed by atoms with E-state index in [1.807, 2.05) is 0 Å². The van der Waals surface area contributed by atoms with Gasteiger partial charge in [-0.05, 0) is 45.3 Å². The number of piperidine rings is 3. The molecule has 1 amide bonds. The number of carbonyl (C=O) groups excluding carboxylic acids is 1. The Balaban J connectivity index is 1.81. The van der Waals surface area contributed by atoms with E-state index in [9.17, 15) is 4.79 Å². The average Bonchev–Trinajstić information content (AvgIpc) is 2.90. The van der Waals surface area contributed by atoms with Gasteiger partial charge in [0, 0.05) is 12.8 Å². The van der Waals surface area contributed by atoms with Gasteiger partial charge in [-0.15, -0.1) is 0 Å². The van der Waals surface area contributed by atoms with Crippen LogP contribution in [0, 0.1) is 19.8 Å². The lowest BCUT2D eigenvalue weighted by molar-refractivity contribution is -0.131. The van der Waals surface area contributed by atoms with Gasteiger partial charge in [0.15, 0.2) is 0 Å². The summed E-state index contributed by atoms with van der Waals surface area (Å²) < 4.78 is 0. The molecular formula is C18H23N3O. The molecule has 1 aromatic carbocycles. The van der Waals surface area contributed by atoms with Crippen molar-refractivity contribution in [2.75, 3.05) is 13.1 Å². The quantitative estimate of drug-likeness (QED) is 0.799. The van der Waals surface area contributed by atoms with Crippen LogP contribution in [0.1, 0.15) is 42.5 Å². The van der Waals surface area contributed by atoms with Crippen LogP contribution >= 0.6 is 0 Å². The van der Waals surface area contributed by atoms with Crippen molar-refractivity contribution in [2.24, 2.45) is 11.0 Å². The Labute approximate surface area is 131 Å². The Morgan fingerprint density at radius 1 is 1.09 bits per heavy atom. The largest absolute Gasteiger partial charge is 0.293 e. The average molecular weight is 297 g/mol. The van der Waals surface area contributed by atoms with Crippen LogP contribution in [-0.2, 0) is 4.79 Å². The molecule has 3 fully saturated rings. The molecular weight excluding hydrogens is 274 g/mol. The van der Waals surface area contributed by atoms with Crippen molar-refractivity contribution in [1.82, 2.24) is 9.91 Å². The van der Waals surface area contributed by atoms with Crippen LogP contribution in [-0.4, -0.2) is 40.7 Å². The highest BCUT2D eigenvalue weighted by Crippen LogP contribution is 2.43. The first-order valence-electron chi connectivity index (χ1n) is 8.25. The number of nitrogens with zero attached hydrogens (tertiary/aromatic N) is 3. The number of hydrogen-bond acceptors (Lipinski definition) is 3. The van der Waals surface area contributed by atoms with Gasteiger partial charge < -0.3 is 0 Å². The summed E-state index contributed by atoms with van der Waals surface area (Å²) in [5, 5.41) is 6.51. The monoisotopic (exact) mass is 297 g/mol. The van der Waals surface area contributed by atoms with Gasteiger partial charge in [0.2, 0.25) is 5.91 Å². The van der Waals surface area contributed by atoms with Gasteiger partial charge in [0.25, 0.3) is 0 Å². The van der Waals surface area contributed by atoms with Crippen LogP contribution < -0.4 is 0 Å². The molecule has 2 bridgehead atoms. The third-order valence-electron chi connectivity index (χ3n) is 5.34. The number of benzene rings is 1. The zero-order valence-corrected chi connectivity index (χ0v) is 13.5. The van der Waals surface area contributed by atoms with Gasteiger partial charge in [-0.2, -0.15) is 5.10 Å². The van der Waals surface area contributed by atoms with E-state index in [2.05, 4.69) is 36.9 Å². The van der Waals surface area contributed by atoms with Crippen molar-refractivity contribution in [3.63, 3.8) is 0 Å². The molecule has 0 radical (unpaired) electrons. The Morgan fingerprint density at radius 3 is 2.32 bits per heavy atom. The van der Waals surface area contributed by atoms with E-state index >= 15 is 0 Å².